The van der Waals surface area contributed by atoms with Crippen LogP contribution in [0, 0.1) is 6.92 Å². The van der Waals surface area contributed by atoms with Gasteiger partial charge in [-0.05, 0) is 44.0 Å². The van der Waals surface area contributed by atoms with Crippen LogP contribution in [0.2, 0.25) is 0 Å². The van der Waals surface area contributed by atoms with Gasteiger partial charge in [0.1, 0.15) is 11.6 Å². The van der Waals surface area contributed by atoms with E-state index in [1.165, 1.54) is 12.1 Å². The Bertz CT molecular complexity index is 1040. The summed E-state index contributed by atoms with van der Waals surface area (Å²) in [4.78, 5) is 19.0. The Balaban J connectivity index is 1.35. The first-order valence-corrected chi connectivity index (χ1v) is 9.38. The normalized spacial score (nSPS) is 15.4. The van der Waals surface area contributed by atoms with E-state index in [1.807, 2.05) is 17.5 Å². The fraction of sp³-hybridized carbons (Fsp3) is 0.368. The molecule has 1 aliphatic rings. The van der Waals surface area contributed by atoms with Crippen LogP contribution < -0.4 is 15.0 Å². The Kier molecular flexibility index (Phi) is 5.18. The summed E-state index contributed by atoms with van der Waals surface area (Å²) < 4.78 is 42.4. The van der Waals surface area contributed by atoms with Gasteiger partial charge < -0.3 is 15.0 Å². The molecule has 3 aromatic rings. The molecule has 0 aliphatic carbocycles. The van der Waals surface area contributed by atoms with Crippen molar-refractivity contribution in [1.82, 2.24) is 24.9 Å². The van der Waals surface area contributed by atoms with Crippen LogP contribution in [-0.2, 0) is 0 Å². The number of nitrogens with zero attached hydrogens (tertiary/aromatic N) is 5. The Hall–Kier alpha value is -3.37. The lowest BCUT2D eigenvalue weighted by Crippen LogP contribution is -2.45. The minimum atomic E-state index is -4.76. The maximum Gasteiger partial charge on any atom is 0.573 e. The number of hydrogen-bond donors (Lipinski definition) is 1. The summed E-state index contributed by atoms with van der Waals surface area (Å²) in [5.41, 5.74) is 0.968. The summed E-state index contributed by atoms with van der Waals surface area (Å²) >= 11 is 0. The monoisotopic (exact) mass is 420 g/mol. The largest absolute Gasteiger partial charge is 0.573 e. The predicted molar refractivity (Wildman–Crippen MR) is 101 cm³/mol. The maximum absolute atomic E-state index is 12.4. The molecule has 1 N–H and O–H groups in total. The van der Waals surface area contributed by atoms with Crippen LogP contribution in [0.5, 0.6) is 5.75 Å². The Morgan fingerprint density at radius 2 is 1.87 bits per heavy atom. The van der Waals surface area contributed by atoms with Gasteiger partial charge in [0.25, 0.3) is 5.91 Å². The van der Waals surface area contributed by atoms with Gasteiger partial charge >= 0.3 is 6.36 Å². The van der Waals surface area contributed by atoms with E-state index < -0.39 is 6.36 Å². The van der Waals surface area contributed by atoms with Crippen LogP contribution in [0.1, 0.15) is 29.0 Å². The number of amides is 1. The van der Waals surface area contributed by atoms with E-state index in [9.17, 15) is 18.0 Å². The third-order valence-electron chi connectivity index (χ3n) is 4.96. The number of carbonyl (C=O) groups is 1. The molecular weight excluding hydrogens is 401 g/mol. The number of ether oxygens (including phenoxy) is 1. The molecule has 30 heavy (non-hydrogen) atoms. The molecular formula is C19H19F3N6O2. The van der Waals surface area contributed by atoms with E-state index >= 15 is 0 Å². The zero-order valence-electron chi connectivity index (χ0n) is 16.1. The number of rotatable bonds is 4. The SMILES string of the molecule is Cc1nnc2c(N3CCC(NC(=O)c4ccc(OC(F)(F)F)cc4)CC3)nccn12. The van der Waals surface area contributed by atoms with Gasteiger partial charge in [-0.15, -0.1) is 23.4 Å². The molecule has 0 bridgehead atoms. The number of piperidine rings is 1. The van der Waals surface area contributed by atoms with E-state index in [0.29, 0.717) is 31.6 Å². The van der Waals surface area contributed by atoms with Crippen molar-refractivity contribution in [3.8, 4) is 5.75 Å². The fourth-order valence-corrected chi connectivity index (χ4v) is 3.46. The minimum absolute atomic E-state index is 0.0424. The van der Waals surface area contributed by atoms with Crippen LogP contribution in [0.4, 0.5) is 19.0 Å². The standard InChI is InChI=1S/C19H19F3N6O2/c1-12-25-26-17-16(23-8-11-28(12)17)27-9-6-14(7-10-27)24-18(29)13-2-4-15(5-3-13)30-19(20,21)22/h2-5,8,11,14H,6-7,9-10H2,1H3,(H,24,29). The highest BCUT2D eigenvalue weighted by Gasteiger charge is 2.31. The van der Waals surface area contributed by atoms with Gasteiger partial charge in [0.2, 0.25) is 5.65 Å². The number of alkyl halides is 3. The van der Waals surface area contributed by atoms with E-state index in [2.05, 4.69) is 30.1 Å². The quantitative estimate of drug-likeness (QED) is 0.699. The number of nitrogens with one attached hydrogen (secondary N) is 1. The number of aryl methyl sites for hydroxylation is 1. The van der Waals surface area contributed by atoms with Crippen molar-refractivity contribution in [3.05, 3.63) is 48.0 Å². The molecule has 0 unspecified atom stereocenters. The Labute approximate surface area is 169 Å². The number of hydrogen-bond acceptors (Lipinski definition) is 6. The van der Waals surface area contributed by atoms with Gasteiger partial charge in [0.15, 0.2) is 5.82 Å². The number of halogens is 3. The van der Waals surface area contributed by atoms with Crippen LogP contribution in [0.25, 0.3) is 5.65 Å². The molecule has 1 amide bonds. The Morgan fingerprint density at radius 3 is 2.53 bits per heavy atom. The highest BCUT2D eigenvalue weighted by molar-refractivity contribution is 5.94. The average Bonchev–Trinajstić information content (AvgIpc) is 3.09. The van der Waals surface area contributed by atoms with E-state index in [4.69, 9.17) is 0 Å². The highest BCUT2D eigenvalue weighted by Crippen LogP contribution is 2.24. The first-order chi connectivity index (χ1) is 14.3. The number of benzene rings is 1. The minimum Gasteiger partial charge on any atom is -0.406 e. The topological polar surface area (TPSA) is 84.7 Å². The number of carbonyl (C=O) groups excluding carboxylic acids is 1. The van der Waals surface area contributed by atoms with Crippen LogP contribution in [-0.4, -0.2) is 51.0 Å². The van der Waals surface area contributed by atoms with E-state index in [0.717, 1.165) is 23.8 Å². The lowest BCUT2D eigenvalue weighted by molar-refractivity contribution is -0.274. The van der Waals surface area contributed by atoms with Crippen molar-refractivity contribution in [2.75, 3.05) is 18.0 Å². The first-order valence-electron chi connectivity index (χ1n) is 9.38. The van der Waals surface area contributed by atoms with Gasteiger partial charge in [-0.1, -0.05) is 0 Å². The molecule has 3 heterocycles. The molecule has 1 aliphatic heterocycles. The molecule has 2 aromatic heterocycles. The van der Waals surface area contributed by atoms with Gasteiger partial charge in [0.05, 0.1) is 0 Å². The maximum atomic E-state index is 12.4. The zero-order valence-corrected chi connectivity index (χ0v) is 16.1. The number of anilines is 1. The molecule has 158 valence electrons. The van der Waals surface area contributed by atoms with Gasteiger partial charge in [0, 0.05) is 37.1 Å². The van der Waals surface area contributed by atoms with Crippen LogP contribution in [0.3, 0.4) is 0 Å². The third-order valence-corrected chi connectivity index (χ3v) is 4.96. The summed E-state index contributed by atoms with van der Waals surface area (Å²) in [6.45, 7) is 3.23. The molecule has 0 saturated carbocycles. The second kappa shape index (κ2) is 7.81. The number of aromatic nitrogens is 4. The fourth-order valence-electron chi connectivity index (χ4n) is 3.46. The molecule has 1 saturated heterocycles. The molecule has 11 heteroatoms. The second-order valence-corrected chi connectivity index (χ2v) is 7.00. The smallest absolute Gasteiger partial charge is 0.406 e. The van der Waals surface area contributed by atoms with Crippen molar-refractivity contribution >= 4 is 17.4 Å². The van der Waals surface area contributed by atoms with Gasteiger partial charge in [-0.2, -0.15) is 0 Å². The summed E-state index contributed by atoms with van der Waals surface area (Å²) in [6, 6.07) is 4.82. The van der Waals surface area contributed by atoms with Gasteiger partial charge in [-0.3, -0.25) is 9.20 Å². The summed E-state index contributed by atoms with van der Waals surface area (Å²) in [7, 11) is 0. The molecule has 0 radical (unpaired) electrons. The van der Waals surface area contributed by atoms with Crippen molar-refractivity contribution in [1.29, 1.82) is 0 Å². The Morgan fingerprint density at radius 1 is 1.17 bits per heavy atom. The average molecular weight is 420 g/mol. The first kappa shape index (κ1) is 19.9. The summed E-state index contributed by atoms with van der Waals surface area (Å²) in [6.07, 6.45) is 0.167. The summed E-state index contributed by atoms with van der Waals surface area (Å²) in [5.74, 6) is 0.837. The summed E-state index contributed by atoms with van der Waals surface area (Å²) in [5, 5.41) is 11.2. The van der Waals surface area contributed by atoms with Crippen LogP contribution >= 0.6 is 0 Å². The zero-order chi connectivity index (χ0) is 21.3. The van der Waals surface area contributed by atoms with Crippen molar-refractivity contribution in [2.45, 2.75) is 32.2 Å². The molecule has 1 fully saturated rings. The molecule has 4 rings (SSSR count). The third kappa shape index (κ3) is 4.29. The second-order valence-electron chi connectivity index (χ2n) is 7.00. The van der Waals surface area contributed by atoms with Crippen molar-refractivity contribution in [2.24, 2.45) is 0 Å². The van der Waals surface area contributed by atoms with E-state index in [-0.39, 0.29) is 23.3 Å². The van der Waals surface area contributed by atoms with Crippen LogP contribution in [0.15, 0.2) is 36.7 Å². The molecule has 8 nitrogen and oxygen atoms in total. The van der Waals surface area contributed by atoms with E-state index in [1.54, 1.807) is 6.20 Å². The van der Waals surface area contributed by atoms with Crippen molar-refractivity contribution < 1.29 is 22.7 Å². The number of fused-ring (bicyclic) bond motifs is 1. The molecule has 0 atom stereocenters. The molecule has 1 aromatic carbocycles. The van der Waals surface area contributed by atoms with Gasteiger partial charge in [-0.25, -0.2) is 4.98 Å². The predicted octanol–water partition coefficient (Wildman–Crippen LogP) is 2.73. The van der Waals surface area contributed by atoms with Crippen molar-refractivity contribution in [3.63, 3.8) is 0 Å². The molecule has 0 spiro atoms. The highest BCUT2D eigenvalue weighted by atomic mass is 19.4. The lowest BCUT2D eigenvalue weighted by Gasteiger charge is -2.33. The lowest BCUT2D eigenvalue weighted by atomic mass is 10.0.